The van der Waals surface area contributed by atoms with E-state index < -0.39 is 71.8 Å². The number of guanidine groups is 2. The molecule has 358 valence electrons. The maximum absolute atomic E-state index is 14.7. The Bertz CT molecular complexity index is 2530. The number of carbonyl (C=O) groups excluding carboxylic acids is 5. The topological polar surface area (TPSA) is 398 Å². The van der Waals surface area contributed by atoms with E-state index in [9.17, 15) is 33.9 Å². The summed E-state index contributed by atoms with van der Waals surface area (Å²) in [5.74, 6) is -5.62. The van der Waals surface area contributed by atoms with Crippen molar-refractivity contribution in [1.29, 1.82) is 0 Å². The van der Waals surface area contributed by atoms with Gasteiger partial charge in [0.15, 0.2) is 11.9 Å². The number of benzene rings is 2. The molecule has 19 N–H and O–H groups in total. The van der Waals surface area contributed by atoms with Crippen LogP contribution >= 0.6 is 12.6 Å². The average Bonchev–Trinajstić information content (AvgIpc) is 4.07. The second kappa shape index (κ2) is 24.6. The standard InChI is InChI=1S/C43H58N16O7S/c44-28(9-5-13-50-42(45)46)36(60)55-31(12-6-14-51-43(47)48)37(61)56-32(15-23-18-52-29-10-3-1-7-26(23)29)38(62)57-33(16-24-19-53-30-11-4-2-8-27(24)30)39(63)59-35(21-67)40(64)58-34(41(65)66)17-25-20-49-22-54-25/h1-4,7-8,10-11,18-20,22,28,31-35,52-53,67H,5-6,9,12-17,21,44H2,(H,49,54)(H,55,60)(H,56,61)(H,57,62)(H,58,64)(H,59,63)(H,65,66)(H4,45,46,50)(H4,47,48,51)/t28-,31-,32-,33-,34-,35-/m0/s1. The lowest BCUT2D eigenvalue weighted by Crippen LogP contribution is -2.60. The molecule has 5 amide bonds. The molecule has 0 bridgehead atoms. The highest BCUT2D eigenvalue weighted by atomic mass is 32.1. The molecule has 3 aromatic heterocycles. The molecule has 0 saturated heterocycles. The minimum absolute atomic E-state index is 0.0416. The van der Waals surface area contributed by atoms with Crippen LogP contribution in [-0.4, -0.2) is 128 Å². The second-order valence-corrected chi connectivity index (χ2v) is 16.1. The van der Waals surface area contributed by atoms with E-state index in [0.29, 0.717) is 23.2 Å². The smallest absolute Gasteiger partial charge is 0.326 e. The van der Waals surface area contributed by atoms with Crippen LogP contribution in [0.15, 0.2) is 83.4 Å². The number of hydrogen-bond acceptors (Lipinski definition) is 11. The molecule has 0 aliphatic heterocycles. The predicted octanol–water partition coefficient (Wildman–Crippen LogP) is -1.73. The SMILES string of the molecule is NC(N)=NCCC[C@H](NC(=O)[C@@H](N)CCCN=C(N)N)C(=O)N[C@@H](Cc1c[nH]c2ccccc12)C(=O)N[C@@H](Cc1c[nH]c2ccccc12)C(=O)N[C@@H](CS)C(=O)N[C@@H](Cc1cnc[nH]1)C(=O)O. The number of aliphatic carboxylic acids is 1. The van der Waals surface area contributed by atoms with E-state index in [-0.39, 0.29) is 69.3 Å². The molecular formula is C43H58N16O7S. The van der Waals surface area contributed by atoms with E-state index in [0.717, 1.165) is 21.8 Å². The van der Waals surface area contributed by atoms with Crippen LogP contribution in [0.1, 0.15) is 42.5 Å². The van der Waals surface area contributed by atoms with Gasteiger partial charge in [-0.05, 0) is 48.9 Å². The van der Waals surface area contributed by atoms with Gasteiger partial charge < -0.3 is 75.3 Å². The van der Waals surface area contributed by atoms with Crippen molar-refractivity contribution >= 4 is 81.9 Å². The van der Waals surface area contributed by atoms with Gasteiger partial charge >= 0.3 is 5.97 Å². The fourth-order valence-electron chi connectivity index (χ4n) is 7.26. The number of rotatable bonds is 26. The summed E-state index contributed by atoms with van der Waals surface area (Å²) in [6.07, 6.45) is 6.78. The fourth-order valence-corrected chi connectivity index (χ4v) is 7.52. The molecule has 0 spiro atoms. The molecule has 0 unspecified atom stereocenters. The van der Waals surface area contributed by atoms with Gasteiger partial charge in [0.25, 0.3) is 0 Å². The first-order valence-electron chi connectivity index (χ1n) is 21.4. The van der Waals surface area contributed by atoms with Gasteiger partial charge in [-0.1, -0.05) is 36.4 Å². The number of nitrogens with two attached hydrogens (primary N) is 5. The maximum atomic E-state index is 14.7. The van der Waals surface area contributed by atoms with Crippen LogP contribution in [-0.2, 0) is 48.0 Å². The van der Waals surface area contributed by atoms with Crippen molar-refractivity contribution in [2.75, 3.05) is 18.8 Å². The number of aromatic nitrogens is 4. The molecule has 67 heavy (non-hydrogen) atoms. The molecule has 2 aromatic carbocycles. The predicted molar refractivity (Wildman–Crippen MR) is 255 cm³/mol. The Kier molecular flexibility index (Phi) is 18.5. The Balaban J connectivity index is 1.43. The summed E-state index contributed by atoms with van der Waals surface area (Å²) in [6.45, 7) is 0.360. The largest absolute Gasteiger partial charge is 0.480 e. The molecule has 6 atom stereocenters. The van der Waals surface area contributed by atoms with Gasteiger partial charge in [0, 0.05) is 84.2 Å². The van der Waals surface area contributed by atoms with Crippen LogP contribution < -0.4 is 55.3 Å². The molecule has 0 radical (unpaired) electrons. The summed E-state index contributed by atoms with van der Waals surface area (Å²) < 4.78 is 0. The number of aromatic amines is 3. The molecule has 0 aliphatic rings. The highest BCUT2D eigenvalue weighted by Gasteiger charge is 2.34. The first-order chi connectivity index (χ1) is 32.1. The van der Waals surface area contributed by atoms with Gasteiger partial charge in [0.05, 0.1) is 12.4 Å². The molecule has 23 nitrogen and oxygen atoms in total. The molecular weight excluding hydrogens is 885 g/mol. The van der Waals surface area contributed by atoms with Gasteiger partial charge in [-0.3, -0.25) is 34.0 Å². The van der Waals surface area contributed by atoms with E-state index in [1.54, 1.807) is 12.4 Å². The number of hydrogen-bond donors (Lipinski definition) is 15. The minimum atomic E-state index is -1.38. The zero-order valence-corrected chi connectivity index (χ0v) is 37.4. The zero-order chi connectivity index (χ0) is 48.5. The number of amides is 5. The molecule has 0 aliphatic carbocycles. The second-order valence-electron chi connectivity index (χ2n) is 15.7. The first kappa shape index (κ1) is 50.4. The summed E-state index contributed by atoms with van der Waals surface area (Å²) in [5, 5.41) is 24.8. The third kappa shape index (κ3) is 15.0. The molecule has 0 fully saturated rings. The quantitative estimate of drug-likeness (QED) is 0.0127. The lowest BCUT2D eigenvalue weighted by atomic mass is 10.0. The highest BCUT2D eigenvalue weighted by Crippen LogP contribution is 2.21. The number of nitrogens with zero attached hydrogens (tertiary/aromatic N) is 3. The van der Waals surface area contributed by atoms with E-state index in [1.165, 1.54) is 12.5 Å². The van der Waals surface area contributed by atoms with Gasteiger partial charge in [0.2, 0.25) is 29.5 Å². The average molecular weight is 943 g/mol. The van der Waals surface area contributed by atoms with Crippen molar-refractivity contribution in [3.05, 3.63) is 90.3 Å². The Morgan fingerprint density at radius 2 is 1.07 bits per heavy atom. The lowest BCUT2D eigenvalue weighted by Gasteiger charge is -2.27. The van der Waals surface area contributed by atoms with Crippen LogP contribution in [0.25, 0.3) is 21.8 Å². The number of aliphatic imine (C=N–C) groups is 2. The number of carboxylic acid groups (broad SMARTS) is 1. The Morgan fingerprint density at radius 3 is 1.57 bits per heavy atom. The molecule has 5 aromatic rings. The fraction of sp³-hybridized carbons (Fsp3) is 0.372. The van der Waals surface area contributed by atoms with E-state index >= 15 is 0 Å². The summed E-state index contributed by atoms with van der Waals surface area (Å²) in [4.78, 5) is 103. The number of carboxylic acids is 1. The number of nitrogens with one attached hydrogen (secondary N) is 8. The van der Waals surface area contributed by atoms with Crippen LogP contribution in [0.4, 0.5) is 0 Å². The van der Waals surface area contributed by atoms with Gasteiger partial charge in [0.1, 0.15) is 30.2 Å². The van der Waals surface area contributed by atoms with Crippen LogP contribution in [0.2, 0.25) is 0 Å². The van der Waals surface area contributed by atoms with Crippen LogP contribution in [0, 0.1) is 0 Å². The van der Waals surface area contributed by atoms with Crippen molar-refractivity contribution in [2.45, 2.75) is 81.2 Å². The van der Waals surface area contributed by atoms with E-state index in [1.807, 2.05) is 48.5 Å². The molecule has 3 heterocycles. The number of fused-ring (bicyclic) bond motifs is 2. The normalized spacial score (nSPS) is 13.8. The molecule has 0 saturated carbocycles. The number of thiol groups is 1. The van der Waals surface area contributed by atoms with Crippen molar-refractivity contribution in [3.63, 3.8) is 0 Å². The lowest BCUT2D eigenvalue weighted by molar-refractivity contribution is -0.142. The molecule has 24 heteroatoms. The zero-order valence-electron chi connectivity index (χ0n) is 36.5. The Morgan fingerprint density at radius 1 is 0.612 bits per heavy atom. The van der Waals surface area contributed by atoms with Crippen molar-refractivity contribution in [2.24, 2.45) is 38.7 Å². The third-order valence-corrected chi connectivity index (χ3v) is 11.1. The van der Waals surface area contributed by atoms with E-state index in [4.69, 9.17) is 28.7 Å². The minimum Gasteiger partial charge on any atom is -0.480 e. The number of H-pyrrole nitrogens is 3. The molecule has 5 rings (SSSR count). The van der Waals surface area contributed by atoms with Gasteiger partial charge in [-0.25, -0.2) is 9.78 Å². The van der Waals surface area contributed by atoms with Crippen molar-refractivity contribution in [3.8, 4) is 0 Å². The van der Waals surface area contributed by atoms with Crippen molar-refractivity contribution in [1.82, 2.24) is 46.5 Å². The summed E-state index contributed by atoms with van der Waals surface area (Å²) >= 11 is 4.29. The maximum Gasteiger partial charge on any atom is 0.326 e. The first-order valence-corrected chi connectivity index (χ1v) is 22.1. The Labute approximate surface area is 390 Å². The van der Waals surface area contributed by atoms with E-state index in [2.05, 4.69) is 69.1 Å². The van der Waals surface area contributed by atoms with Gasteiger partial charge in [-0.2, -0.15) is 12.6 Å². The highest BCUT2D eigenvalue weighted by molar-refractivity contribution is 7.80. The van der Waals surface area contributed by atoms with Crippen molar-refractivity contribution < 1.29 is 33.9 Å². The third-order valence-electron chi connectivity index (χ3n) is 10.8. The Hall–Kier alpha value is -7.60. The van der Waals surface area contributed by atoms with Crippen LogP contribution in [0.3, 0.4) is 0 Å². The van der Waals surface area contributed by atoms with Gasteiger partial charge in [-0.15, -0.1) is 0 Å². The summed E-state index contributed by atoms with van der Waals surface area (Å²) in [6, 6.07) is 6.99. The van der Waals surface area contributed by atoms with Crippen LogP contribution in [0.5, 0.6) is 0 Å². The number of imidazole rings is 1. The summed E-state index contributed by atoms with van der Waals surface area (Å²) in [7, 11) is 0. The number of para-hydroxylation sites is 2. The monoisotopic (exact) mass is 942 g/mol. The number of carbonyl (C=O) groups is 6. The summed E-state index contributed by atoms with van der Waals surface area (Å²) in [5.41, 5.74) is 31.3.